The zero-order chi connectivity index (χ0) is 14.8. The van der Waals surface area contributed by atoms with Crippen LogP contribution in [0.1, 0.15) is 44.7 Å². The molecule has 1 aromatic carbocycles. The Morgan fingerprint density at radius 1 is 1.14 bits per heavy atom. The van der Waals surface area contributed by atoms with E-state index in [-0.39, 0.29) is 0 Å². The molecule has 1 aromatic rings. The molecule has 3 atom stereocenters. The van der Waals surface area contributed by atoms with Crippen molar-refractivity contribution < 1.29 is 4.74 Å². The van der Waals surface area contributed by atoms with Crippen LogP contribution in [-0.2, 0) is 0 Å². The second-order valence-electron chi connectivity index (χ2n) is 6.64. The summed E-state index contributed by atoms with van der Waals surface area (Å²) in [7, 11) is 1.73. The van der Waals surface area contributed by atoms with Crippen molar-refractivity contribution in [2.45, 2.75) is 51.2 Å². The third kappa shape index (κ3) is 3.09. The molecule has 2 fully saturated rings. The fourth-order valence-electron chi connectivity index (χ4n) is 3.99. The molecule has 0 N–H and O–H groups in total. The molecule has 3 rings (SSSR count). The van der Waals surface area contributed by atoms with E-state index in [2.05, 4.69) is 47.9 Å². The quantitative estimate of drug-likeness (QED) is 0.848. The summed E-state index contributed by atoms with van der Waals surface area (Å²) in [6.07, 6.45) is 4.16. The first-order valence-corrected chi connectivity index (χ1v) is 8.33. The Labute approximate surface area is 128 Å². The number of nitrogens with zero attached hydrogens (tertiary/aromatic N) is 2. The molecule has 21 heavy (non-hydrogen) atoms. The Morgan fingerprint density at radius 3 is 2.62 bits per heavy atom. The van der Waals surface area contributed by atoms with Crippen molar-refractivity contribution in [3.8, 4) is 5.75 Å². The largest absolute Gasteiger partial charge is 0.497 e. The van der Waals surface area contributed by atoms with E-state index in [1.54, 1.807) is 7.11 Å². The van der Waals surface area contributed by atoms with Gasteiger partial charge in [0.1, 0.15) is 5.75 Å². The van der Waals surface area contributed by atoms with Crippen LogP contribution < -0.4 is 4.74 Å². The minimum absolute atomic E-state index is 0.481. The van der Waals surface area contributed by atoms with Crippen LogP contribution in [0.15, 0.2) is 24.3 Å². The van der Waals surface area contributed by atoms with Gasteiger partial charge in [-0.05, 0) is 50.9 Å². The number of benzene rings is 1. The molecule has 0 aliphatic carbocycles. The van der Waals surface area contributed by atoms with Crippen LogP contribution in [0.2, 0.25) is 0 Å². The Morgan fingerprint density at radius 2 is 1.90 bits per heavy atom. The standard InChI is InChI=1S/C18H28N2O/c1-14-12-19-11-5-4-6-17(19)13-20(14)15(2)16-7-9-18(21-3)10-8-16/h7-10,14-15,17H,4-6,11-13H2,1-3H3. The number of hydrogen-bond donors (Lipinski definition) is 0. The van der Waals surface area contributed by atoms with E-state index in [1.165, 1.54) is 44.5 Å². The molecule has 3 unspecified atom stereocenters. The summed E-state index contributed by atoms with van der Waals surface area (Å²) in [4.78, 5) is 5.40. The first-order valence-electron chi connectivity index (χ1n) is 8.33. The highest BCUT2D eigenvalue weighted by atomic mass is 16.5. The molecule has 3 nitrogen and oxygen atoms in total. The topological polar surface area (TPSA) is 15.7 Å². The number of piperazine rings is 1. The normalized spacial score (nSPS) is 28.9. The maximum atomic E-state index is 5.27. The summed E-state index contributed by atoms with van der Waals surface area (Å²) in [6.45, 7) is 8.47. The van der Waals surface area contributed by atoms with E-state index in [9.17, 15) is 0 Å². The van der Waals surface area contributed by atoms with Crippen molar-refractivity contribution in [3.05, 3.63) is 29.8 Å². The van der Waals surface area contributed by atoms with Gasteiger partial charge in [0.05, 0.1) is 7.11 Å². The maximum absolute atomic E-state index is 5.27. The average molecular weight is 288 g/mol. The van der Waals surface area contributed by atoms with Gasteiger partial charge < -0.3 is 4.74 Å². The fourth-order valence-corrected chi connectivity index (χ4v) is 3.99. The van der Waals surface area contributed by atoms with Crippen LogP contribution in [0.25, 0.3) is 0 Å². The number of ether oxygens (including phenoxy) is 1. The summed E-state index contributed by atoms with van der Waals surface area (Å²) >= 11 is 0. The van der Waals surface area contributed by atoms with E-state index >= 15 is 0 Å². The first kappa shape index (κ1) is 14.9. The van der Waals surface area contributed by atoms with Gasteiger partial charge in [0.25, 0.3) is 0 Å². The van der Waals surface area contributed by atoms with Crippen molar-refractivity contribution in [2.24, 2.45) is 0 Å². The second-order valence-corrected chi connectivity index (χ2v) is 6.64. The summed E-state index contributed by atoms with van der Waals surface area (Å²) in [5.41, 5.74) is 1.40. The molecule has 2 aliphatic rings. The van der Waals surface area contributed by atoms with Gasteiger partial charge >= 0.3 is 0 Å². The maximum Gasteiger partial charge on any atom is 0.118 e. The van der Waals surface area contributed by atoms with E-state index in [4.69, 9.17) is 4.74 Å². The SMILES string of the molecule is COc1ccc(C(C)N2CC3CCCCN3CC2C)cc1. The molecule has 2 aliphatic heterocycles. The predicted octanol–water partition coefficient (Wildman–Crippen LogP) is 3.31. The van der Waals surface area contributed by atoms with Gasteiger partial charge in [-0.1, -0.05) is 18.6 Å². The van der Waals surface area contributed by atoms with Gasteiger partial charge in [0.15, 0.2) is 0 Å². The highest BCUT2D eigenvalue weighted by Crippen LogP contribution is 2.31. The highest BCUT2D eigenvalue weighted by molar-refractivity contribution is 5.29. The van der Waals surface area contributed by atoms with E-state index in [0.29, 0.717) is 12.1 Å². The molecule has 0 bridgehead atoms. The smallest absolute Gasteiger partial charge is 0.118 e. The lowest BCUT2D eigenvalue weighted by Crippen LogP contribution is -2.58. The molecule has 0 saturated carbocycles. The van der Waals surface area contributed by atoms with Crippen molar-refractivity contribution in [1.82, 2.24) is 9.80 Å². The summed E-state index contributed by atoms with van der Waals surface area (Å²) < 4.78 is 5.27. The monoisotopic (exact) mass is 288 g/mol. The van der Waals surface area contributed by atoms with E-state index in [1.807, 2.05) is 0 Å². The molecule has 2 heterocycles. The summed E-state index contributed by atoms with van der Waals surface area (Å²) in [5.74, 6) is 0.941. The molecule has 0 amide bonds. The van der Waals surface area contributed by atoms with E-state index < -0.39 is 0 Å². The number of methoxy groups -OCH3 is 1. The molecular formula is C18H28N2O. The van der Waals surface area contributed by atoms with Crippen LogP contribution in [-0.4, -0.2) is 48.6 Å². The predicted molar refractivity (Wildman–Crippen MR) is 86.8 cm³/mol. The third-order valence-electron chi connectivity index (χ3n) is 5.33. The highest BCUT2D eigenvalue weighted by Gasteiger charge is 2.35. The van der Waals surface area contributed by atoms with Crippen molar-refractivity contribution in [1.29, 1.82) is 0 Å². The number of rotatable bonds is 3. The van der Waals surface area contributed by atoms with Gasteiger partial charge in [0.2, 0.25) is 0 Å². The van der Waals surface area contributed by atoms with Gasteiger partial charge in [-0.3, -0.25) is 9.80 Å². The van der Waals surface area contributed by atoms with Gasteiger partial charge in [-0.25, -0.2) is 0 Å². The number of piperidine rings is 1. The lowest BCUT2D eigenvalue weighted by molar-refractivity contribution is -0.00460. The Kier molecular flexibility index (Phi) is 4.51. The lowest BCUT2D eigenvalue weighted by Gasteiger charge is -2.49. The number of fused-ring (bicyclic) bond motifs is 1. The Balaban J connectivity index is 1.71. The Bertz CT molecular complexity index is 459. The van der Waals surface area contributed by atoms with Crippen molar-refractivity contribution in [3.63, 3.8) is 0 Å². The molecule has 0 aromatic heterocycles. The fraction of sp³-hybridized carbons (Fsp3) is 0.667. The zero-order valence-corrected chi connectivity index (χ0v) is 13.6. The minimum atomic E-state index is 0.481. The van der Waals surface area contributed by atoms with Crippen molar-refractivity contribution >= 4 is 0 Å². The zero-order valence-electron chi connectivity index (χ0n) is 13.6. The van der Waals surface area contributed by atoms with Crippen LogP contribution in [0, 0.1) is 0 Å². The lowest BCUT2D eigenvalue weighted by atomic mass is 9.94. The number of hydrogen-bond acceptors (Lipinski definition) is 3. The van der Waals surface area contributed by atoms with Crippen LogP contribution in [0.4, 0.5) is 0 Å². The van der Waals surface area contributed by atoms with Crippen LogP contribution in [0.3, 0.4) is 0 Å². The molecule has 116 valence electrons. The second kappa shape index (κ2) is 6.37. The summed E-state index contributed by atoms with van der Waals surface area (Å²) in [5, 5.41) is 0. The van der Waals surface area contributed by atoms with E-state index in [0.717, 1.165) is 11.8 Å². The van der Waals surface area contributed by atoms with Gasteiger partial charge in [-0.15, -0.1) is 0 Å². The van der Waals surface area contributed by atoms with Crippen molar-refractivity contribution in [2.75, 3.05) is 26.7 Å². The molecule has 0 radical (unpaired) electrons. The van der Waals surface area contributed by atoms with Gasteiger partial charge in [-0.2, -0.15) is 0 Å². The molecule has 0 spiro atoms. The minimum Gasteiger partial charge on any atom is -0.497 e. The third-order valence-corrected chi connectivity index (χ3v) is 5.33. The Hall–Kier alpha value is -1.06. The molecular weight excluding hydrogens is 260 g/mol. The van der Waals surface area contributed by atoms with Crippen LogP contribution >= 0.6 is 0 Å². The van der Waals surface area contributed by atoms with Gasteiger partial charge in [0, 0.05) is 31.2 Å². The first-order chi connectivity index (χ1) is 10.2. The average Bonchev–Trinajstić information content (AvgIpc) is 2.53. The van der Waals surface area contributed by atoms with Crippen LogP contribution in [0.5, 0.6) is 5.75 Å². The summed E-state index contributed by atoms with van der Waals surface area (Å²) in [6, 6.07) is 10.5. The molecule has 2 saturated heterocycles. The molecule has 3 heteroatoms.